The molecule has 0 atom stereocenters. The van der Waals surface area contributed by atoms with Crippen LogP contribution in [0.15, 0.2) is 17.8 Å². The number of likely N-dealkylation sites (tertiary alicyclic amines) is 1. The molecule has 7 heteroatoms. The monoisotopic (exact) mass is 339 g/mol. The van der Waals surface area contributed by atoms with Crippen molar-refractivity contribution >= 4 is 18.2 Å². The molecule has 0 radical (unpaired) electrons. The molecule has 0 bridgehead atoms. The fraction of sp³-hybridized carbons (Fsp3) is 0.706. The second-order valence-corrected chi connectivity index (χ2v) is 7.22. The molecule has 0 aliphatic carbocycles. The molecular formula is C17H29N3O4. The van der Waals surface area contributed by atoms with Crippen molar-refractivity contribution in [3.05, 3.63) is 12.7 Å². The average molecular weight is 339 g/mol. The molecule has 7 nitrogen and oxygen atoms in total. The minimum Gasteiger partial charge on any atom is -0.444 e. The van der Waals surface area contributed by atoms with E-state index in [0.29, 0.717) is 32.4 Å². The molecule has 1 aliphatic rings. The normalized spacial score (nSPS) is 17.6. The molecule has 0 aromatic carbocycles. The van der Waals surface area contributed by atoms with Crippen LogP contribution in [-0.2, 0) is 9.53 Å². The molecule has 1 aliphatic heterocycles. The van der Waals surface area contributed by atoms with Gasteiger partial charge in [0.25, 0.3) is 0 Å². The molecule has 0 spiro atoms. The summed E-state index contributed by atoms with van der Waals surface area (Å²) in [4.78, 5) is 28.2. The van der Waals surface area contributed by atoms with Crippen LogP contribution in [-0.4, -0.2) is 65.5 Å². The van der Waals surface area contributed by atoms with Crippen molar-refractivity contribution in [1.82, 2.24) is 9.80 Å². The van der Waals surface area contributed by atoms with Crippen LogP contribution in [0.4, 0.5) is 4.79 Å². The van der Waals surface area contributed by atoms with Gasteiger partial charge in [0.1, 0.15) is 5.60 Å². The van der Waals surface area contributed by atoms with Crippen LogP contribution in [0.3, 0.4) is 0 Å². The summed E-state index contributed by atoms with van der Waals surface area (Å²) < 4.78 is 5.39. The van der Waals surface area contributed by atoms with Crippen LogP contribution in [0, 0.1) is 5.41 Å². The van der Waals surface area contributed by atoms with Gasteiger partial charge in [0.05, 0.1) is 18.2 Å². The lowest BCUT2D eigenvalue weighted by atomic mass is 9.74. The third-order valence-corrected chi connectivity index (χ3v) is 4.14. The van der Waals surface area contributed by atoms with Crippen molar-refractivity contribution in [2.45, 2.75) is 45.6 Å². The number of carbonyl (C=O) groups excluding carboxylic acids is 2. The van der Waals surface area contributed by atoms with E-state index in [1.807, 2.05) is 20.8 Å². The summed E-state index contributed by atoms with van der Waals surface area (Å²) in [5.74, 6) is -0.0221. The SMILES string of the molecule is C=CCC1(C(=O)N(C)C/C=N/O)CCN(C(=O)OC(C)(C)C)CC1. The Labute approximate surface area is 143 Å². The Hall–Kier alpha value is -2.05. The Morgan fingerprint density at radius 3 is 2.42 bits per heavy atom. The van der Waals surface area contributed by atoms with Gasteiger partial charge in [-0.05, 0) is 40.0 Å². The highest BCUT2D eigenvalue weighted by atomic mass is 16.6. The lowest BCUT2D eigenvalue weighted by molar-refractivity contribution is -0.142. The molecule has 1 saturated heterocycles. The van der Waals surface area contributed by atoms with Gasteiger partial charge in [0, 0.05) is 20.1 Å². The van der Waals surface area contributed by atoms with Crippen LogP contribution < -0.4 is 0 Å². The molecule has 0 aromatic rings. The number of nitrogens with zero attached hydrogens (tertiary/aromatic N) is 3. The minimum atomic E-state index is -0.571. The van der Waals surface area contributed by atoms with Crippen molar-refractivity contribution in [3.63, 3.8) is 0 Å². The molecule has 1 rings (SSSR count). The van der Waals surface area contributed by atoms with E-state index in [2.05, 4.69) is 11.7 Å². The lowest BCUT2D eigenvalue weighted by Gasteiger charge is -2.42. The third kappa shape index (κ3) is 5.25. The number of piperidine rings is 1. The summed E-state index contributed by atoms with van der Waals surface area (Å²) in [5, 5.41) is 11.5. The Bertz CT molecular complexity index is 489. The van der Waals surface area contributed by atoms with Gasteiger partial charge in [-0.15, -0.1) is 11.7 Å². The molecule has 1 N–H and O–H groups in total. The second-order valence-electron chi connectivity index (χ2n) is 7.22. The quantitative estimate of drug-likeness (QED) is 0.361. The number of carbonyl (C=O) groups is 2. The molecule has 0 unspecified atom stereocenters. The molecule has 0 saturated carbocycles. The van der Waals surface area contributed by atoms with Crippen LogP contribution in [0.25, 0.3) is 0 Å². The predicted octanol–water partition coefficient (Wildman–Crippen LogP) is 2.50. The van der Waals surface area contributed by atoms with Crippen molar-refractivity contribution in [2.75, 3.05) is 26.7 Å². The summed E-state index contributed by atoms with van der Waals surface area (Å²) in [5.41, 5.74) is -1.11. The zero-order chi connectivity index (χ0) is 18.4. The summed E-state index contributed by atoms with van der Waals surface area (Å²) >= 11 is 0. The topological polar surface area (TPSA) is 82.4 Å². The number of rotatable bonds is 5. The molecule has 1 fully saturated rings. The summed E-state index contributed by atoms with van der Waals surface area (Å²) in [6.07, 6.45) is 4.33. The average Bonchev–Trinajstić information content (AvgIpc) is 2.51. The highest BCUT2D eigenvalue weighted by Crippen LogP contribution is 2.37. The van der Waals surface area contributed by atoms with Crippen LogP contribution in [0.2, 0.25) is 0 Å². The predicted molar refractivity (Wildman–Crippen MR) is 92.2 cm³/mol. The molecule has 136 valence electrons. The number of amides is 2. The van der Waals surface area contributed by atoms with E-state index in [1.54, 1.807) is 18.0 Å². The Morgan fingerprint density at radius 1 is 1.38 bits per heavy atom. The van der Waals surface area contributed by atoms with Crippen molar-refractivity contribution in [3.8, 4) is 0 Å². The largest absolute Gasteiger partial charge is 0.444 e. The number of allylic oxidation sites excluding steroid dienone is 1. The first-order valence-corrected chi connectivity index (χ1v) is 8.15. The van der Waals surface area contributed by atoms with Crippen molar-refractivity contribution in [2.24, 2.45) is 10.6 Å². The van der Waals surface area contributed by atoms with E-state index in [9.17, 15) is 9.59 Å². The highest BCUT2D eigenvalue weighted by Gasteiger charge is 2.43. The first-order chi connectivity index (χ1) is 11.1. The maximum Gasteiger partial charge on any atom is 0.410 e. The standard InChI is InChI=1S/C17H29N3O4/c1-6-7-17(14(21)19(5)13-10-18-23)8-11-20(12-9-17)15(22)24-16(2,3)4/h6,10,23H,1,7-9,11-13H2,2-5H3/b18-10+. The van der Waals surface area contributed by atoms with E-state index in [0.717, 1.165) is 0 Å². The van der Waals surface area contributed by atoms with Crippen molar-refractivity contribution in [1.29, 1.82) is 0 Å². The van der Waals surface area contributed by atoms with Gasteiger partial charge in [0.15, 0.2) is 0 Å². The number of hydrogen-bond donors (Lipinski definition) is 1. The first-order valence-electron chi connectivity index (χ1n) is 8.15. The number of ether oxygens (including phenoxy) is 1. The minimum absolute atomic E-state index is 0.0221. The van der Waals surface area contributed by atoms with Gasteiger partial charge in [0.2, 0.25) is 5.91 Å². The highest BCUT2D eigenvalue weighted by molar-refractivity contribution is 5.85. The third-order valence-electron chi connectivity index (χ3n) is 4.14. The number of oxime groups is 1. The summed E-state index contributed by atoms with van der Waals surface area (Å²) in [6.45, 7) is 10.4. The van der Waals surface area contributed by atoms with E-state index in [1.165, 1.54) is 11.1 Å². The molecule has 1 heterocycles. The molecule has 2 amide bonds. The van der Waals surface area contributed by atoms with Gasteiger partial charge in [-0.2, -0.15) is 0 Å². The van der Waals surface area contributed by atoms with Gasteiger partial charge in [-0.25, -0.2) is 4.79 Å². The van der Waals surface area contributed by atoms with Crippen LogP contribution in [0.1, 0.15) is 40.0 Å². The summed E-state index contributed by atoms with van der Waals surface area (Å²) in [6, 6.07) is 0. The maximum atomic E-state index is 12.8. The maximum absolute atomic E-state index is 12.8. The van der Waals surface area contributed by atoms with E-state index >= 15 is 0 Å². The molecule has 0 aromatic heterocycles. The zero-order valence-electron chi connectivity index (χ0n) is 15.1. The fourth-order valence-corrected chi connectivity index (χ4v) is 2.87. The van der Waals surface area contributed by atoms with Gasteiger partial charge < -0.3 is 19.7 Å². The van der Waals surface area contributed by atoms with E-state index in [-0.39, 0.29) is 18.5 Å². The van der Waals surface area contributed by atoms with E-state index in [4.69, 9.17) is 9.94 Å². The Balaban J connectivity index is 2.77. The van der Waals surface area contributed by atoms with Gasteiger partial charge in [-0.3, -0.25) is 4.79 Å². The smallest absolute Gasteiger partial charge is 0.410 e. The van der Waals surface area contributed by atoms with Gasteiger partial charge >= 0.3 is 6.09 Å². The first kappa shape index (κ1) is 20.0. The Kier molecular flexibility index (Phi) is 6.81. The number of hydrogen-bond acceptors (Lipinski definition) is 5. The van der Waals surface area contributed by atoms with E-state index < -0.39 is 11.0 Å². The van der Waals surface area contributed by atoms with Gasteiger partial charge in [-0.1, -0.05) is 6.08 Å². The van der Waals surface area contributed by atoms with Crippen molar-refractivity contribution < 1.29 is 19.5 Å². The van der Waals surface area contributed by atoms with Crippen LogP contribution in [0.5, 0.6) is 0 Å². The second kappa shape index (κ2) is 8.17. The fourth-order valence-electron chi connectivity index (χ4n) is 2.87. The lowest BCUT2D eigenvalue weighted by Crippen LogP contribution is -2.51. The Morgan fingerprint density at radius 2 is 1.96 bits per heavy atom. The molecule has 24 heavy (non-hydrogen) atoms. The zero-order valence-corrected chi connectivity index (χ0v) is 15.1. The summed E-state index contributed by atoms with van der Waals surface area (Å²) in [7, 11) is 1.68. The molecular weight excluding hydrogens is 310 g/mol. The van der Waals surface area contributed by atoms with Crippen LogP contribution >= 0.6 is 0 Å².